The fourth-order valence-electron chi connectivity index (χ4n) is 2.04. The summed E-state index contributed by atoms with van der Waals surface area (Å²) in [4.78, 5) is 0. The molecule has 2 aromatic carbocycles. The summed E-state index contributed by atoms with van der Waals surface area (Å²) in [5, 5.41) is 0.645. The van der Waals surface area contributed by atoms with Crippen LogP contribution in [-0.2, 0) is 0 Å². The van der Waals surface area contributed by atoms with Gasteiger partial charge >= 0.3 is 0 Å². The molecular weight excluding hydrogens is 249 g/mol. The minimum Gasteiger partial charge on any atom is -0.320 e. The molecule has 1 nitrogen and oxygen atoms in total. The van der Waals surface area contributed by atoms with E-state index in [-0.39, 0.29) is 11.9 Å². The molecule has 1 atom stereocenters. The van der Waals surface area contributed by atoms with Crippen LogP contribution in [0.1, 0.15) is 28.3 Å². The minimum atomic E-state index is -0.335. The van der Waals surface area contributed by atoms with Crippen LogP contribution in [0.3, 0.4) is 0 Å². The highest BCUT2D eigenvalue weighted by Gasteiger charge is 2.14. The maximum absolute atomic E-state index is 13.1. The van der Waals surface area contributed by atoms with Gasteiger partial charge in [0.1, 0.15) is 5.82 Å². The lowest BCUT2D eigenvalue weighted by Gasteiger charge is -2.17. The Morgan fingerprint density at radius 1 is 1.06 bits per heavy atom. The van der Waals surface area contributed by atoms with Gasteiger partial charge in [-0.2, -0.15) is 0 Å². The number of nitrogens with two attached hydrogens (primary N) is 1. The van der Waals surface area contributed by atoms with Gasteiger partial charge in [0, 0.05) is 5.02 Å². The summed E-state index contributed by atoms with van der Waals surface area (Å²) in [7, 11) is 0. The van der Waals surface area contributed by atoms with Crippen molar-refractivity contribution in [2.75, 3.05) is 0 Å². The molecule has 0 aliphatic heterocycles. The van der Waals surface area contributed by atoms with Crippen LogP contribution in [0.4, 0.5) is 4.39 Å². The van der Waals surface area contributed by atoms with Crippen molar-refractivity contribution in [1.82, 2.24) is 0 Å². The van der Waals surface area contributed by atoms with Crippen LogP contribution < -0.4 is 5.73 Å². The predicted molar refractivity (Wildman–Crippen MR) is 73.4 cm³/mol. The molecule has 0 amide bonds. The van der Waals surface area contributed by atoms with Crippen molar-refractivity contribution < 1.29 is 4.39 Å². The Bertz CT molecular complexity index is 529. The van der Waals surface area contributed by atoms with Crippen LogP contribution in [0, 0.1) is 19.7 Å². The Balaban J connectivity index is 2.44. The third kappa shape index (κ3) is 2.55. The zero-order valence-electron chi connectivity index (χ0n) is 10.4. The Morgan fingerprint density at radius 2 is 1.72 bits per heavy atom. The molecule has 0 aliphatic carbocycles. The van der Waals surface area contributed by atoms with Crippen molar-refractivity contribution in [2.24, 2.45) is 5.73 Å². The third-order valence-electron chi connectivity index (χ3n) is 3.06. The molecular formula is C15H15ClFN. The van der Waals surface area contributed by atoms with E-state index in [2.05, 4.69) is 0 Å². The first-order chi connectivity index (χ1) is 8.49. The van der Waals surface area contributed by atoms with E-state index in [1.807, 2.05) is 32.0 Å². The predicted octanol–water partition coefficient (Wildman–Crippen LogP) is 4.14. The quantitative estimate of drug-likeness (QED) is 0.866. The minimum absolute atomic E-state index is 0.251. The van der Waals surface area contributed by atoms with Crippen LogP contribution in [0.5, 0.6) is 0 Å². The molecule has 0 bridgehead atoms. The molecule has 0 aliphatic rings. The van der Waals surface area contributed by atoms with Crippen molar-refractivity contribution in [3.8, 4) is 0 Å². The van der Waals surface area contributed by atoms with Gasteiger partial charge < -0.3 is 5.73 Å². The van der Waals surface area contributed by atoms with Crippen LogP contribution in [0.15, 0.2) is 36.4 Å². The molecule has 94 valence electrons. The lowest BCUT2D eigenvalue weighted by molar-refractivity contribution is 0.624. The largest absolute Gasteiger partial charge is 0.320 e. The first-order valence-corrected chi connectivity index (χ1v) is 6.14. The lowest BCUT2D eigenvalue weighted by atomic mass is 9.95. The summed E-state index contributed by atoms with van der Waals surface area (Å²) in [6.45, 7) is 3.82. The summed E-state index contributed by atoms with van der Waals surface area (Å²) in [6, 6.07) is 10.1. The van der Waals surface area contributed by atoms with Gasteiger partial charge in [-0.1, -0.05) is 29.8 Å². The van der Waals surface area contributed by atoms with Gasteiger partial charge in [-0.05, 0) is 54.3 Å². The molecule has 2 N–H and O–H groups in total. The van der Waals surface area contributed by atoms with E-state index in [9.17, 15) is 4.39 Å². The maximum Gasteiger partial charge on any atom is 0.123 e. The van der Waals surface area contributed by atoms with Gasteiger partial charge in [0.25, 0.3) is 0 Å². The molecule has 1 unspecified atom stereocenters. The average molecular weight is 264 g/mol. The molecule has 3 heteroatoms. The third-order valence-corrected chi connectivity index (χ3v) is 3.39. The lowest BCUT2D eigenvalue weighted by Crippen LogP contribution is -2.14. The van der Waals surface area contributed by atoms with Crippen LogP contribution in [-0.4, -0.2) is 0 Å². The van der Waals surface area contributed by atoms with Crippen molar-refractivity contribution in [1.29, 1.82) is 0 Å². The molecule has 2 rings (SSSR count). The summed E-state index contributed by atoms with van der Waals surface area (Å²) < 4.78 is 13.1. The number of aryl methyl sites for hydroxylation is 2. The van der Waals surface area contributed by atoms with E-state index in [0.717, 1.165) is 22.3 Å². The average Bonchev–Trinajstić information content (AvgIpc) is 2.28. The number of hydrogen-bond acceptors (Lipinski definition) is 1. The Labute approximate surface area is 111 Å². The summed E-state index contributed by atoms with van der Waals surface area (Å²) in [5.74, 6) is -0.251. The van der Waals surface area contributed by atoms with E-state index in [0.29, 0.717) is 5.02 Å². The van der Waals surface area contributed by atoms with Gasteiger partial charge in [-0.15, -0.1) is 0 Å². The number of benzene rings is 2. The van der Waals surface area contributed by atoms with Gasteiger partial charge in [0.2, 0.25) is 0 Å². The number of hydrogen-bond donors (Lipinski definition) is 1. The van der Waals surface area contributed by atoms with Gasteiger partial charge in [-0.3, -0.25) is 0 Å². The van der Waals surface area contributed by atoms with Crippen molar-refractivity contribution in [3.05, 3.63) is 69.5 Å². The molecule has 0 radical (unpaired) electrons. The highest BCUT2D eigenvalue weighted by atomic mass is 35.5. The second kappa shape index (κ2) is 5.09. The number of rotatable bonds is 2. The van der Waals surface area contributed by atoms with E-state index in [4.69, 9.17) is 17.3 Å². The first-order valence-electron chi connectivity index (χ1n) is 5.76. The van der Waals surface area contributed by atoms with Gasteiger partial charge in [0.05, 0.1) is 6.04 Å². The topological polar surface area (TPSA) is 26.0 Å². The second-order valence-corrected chi connectivity index (χ2v) is 4.91. The zero-order valence-corrected chi connectivity index (χ0v) is 11.1. The standard InChI is InChI=1S/C15H15ClFN/c1-9-3-5-13(14(16)7-9)15(18)12-6-4-11(17)8-10(12)2/h3-8,15H,18H2,1-2H3. The van der Waals surface area contributed by atoms with Crippen molar-refractivity contribution >= 4 is 11.6 Å². The van der Waals surface area contributed by atoms with Crippen molar-refractivity contribution in [2.45, 2.75) is 19.9 Å². The Kier molecular flexibility index (Phi) is 3.69. The molecule has 2 aromatic rings. The molecule has 0 spiro atoms. The van der Waals surface area contributed by atoms with Crippen LogP contribution in [0.2, 0.25) is 5.02 Å². The van der Waals surface area contributed by atoms with Crippen LogP contribution >= 0.6 is 11.6 Å². The Morgan fingerprint density at radius 3 is 2.33 bits per heavy atom. The molecule has 0 fully saturated rings. The SMILES string of the molecule is Cc1ccc(C(N)c2ccc(F)cc2C)c(Cl)c1. The zero-order chi connectivity index (χ0) is 13.3. The smallest absolute Gasteiger partial charge is 0.123 e. The normalized spacial score (nSPS) is 12.5. The van der Waals surface area contributed by atoms with E-state index in [1.165, 1.54) is 12.1 Å². The van der Waals surface area contributed by atoms with Crippen LogP contribution in [0.25, 0.3) is 0 Å². The summed E-state index contributed by atoms with van der Waals surface area (Å²) in [6.07, 6.45) is 0. The fraction of sp³-hybridized carbons (Fsp3) is 0.200. The summed E-state index contributed by atoms with van der Waals surface area (Å²) in [5.41, 5.74) is 9.88. The van der Waals surface area contributed by atoms with E-state index in [1.54, 1.807) is 6.07 Å². The molecule has 18 heavy (non-hydrogen) atoms. The Hall–Kier alpha value is -1.38. The molecule has 0 saturated carbocycles. The fourth-order valence-corrected chi connectivity index (χ4v) is 2.39. The number of halogens is 2. The molecule has 0 aromatic heterocycles. The van der Waals surface area contributed by atoms with Gasteiger partial charge in [-0.25, -0.2) is 4.39 Å². The van der Waals surface area contributed by atoms with Crippen molar-refractivity contribution in [3.63, 3.8) is 0 Å². The first kappa shape index (κ1) is 13.1. The van der Waals surface area contributed by atoms with Gasteiger partial charge in [0.15, 0.2) is 0 Å². The van der Waals surface area contributed by atoms with E-state index < -0.39 is 0 Å². The van der Waals surface area contributed by atoms with E-state index >= 15 is 0 Å². The highest BCUT2D eigenvalue weighted by molar-refractivity contribution is 6.31. The summed E-state index contributed by atoms with van der Waals surface area (Å²) >= 11 is 6.20. The second-order valence-electron chi connectivity index (χ2n) is 4.50. The maximum atomic E-state index is 13.1. The highest BCUT2D eigenvalue weighted by Crippen LogP contribution is 2.29. The molecule has 0 heterocycles. The molecule has 0 saturated heterocycles. The monoisotopic (exact) mass is 263 g/mol.